The molecule has 0 bridgehead atoms. The summed E-state index contributed by atoms with van der Waals surface area (Å²) in [5.74, 6) is 0. The first kappa shape index (κ1) is 18.3. The van der Waals surface area contributed by atoms with Crippen LogP contribution in [0.5, 0.6) is 0 Å². The Kier molecular flexibility index (Phi) is 8.74. The lowest BCUT2D eigenvalue weighted by Crippen LogP contribution is -2.37. The molecular weight excluding hydrogens is 284 g/mol. The quantitative estimate of drug-likeness (QED) is 0.704. The van der Waals surface area contributed by atoms with Crippen molar-refractivity contribution in [2.75, 3.05) is 31.7 Å². The maximum atomic E-state index is 6.53. The van der Waals surface area contributed by atoms with Gasteiger partial charge in [0.15, 0.2) is 0 Å². The largest absolute Gasteiger partial charge is 0.383 e. The van der Waals surface area contributed by atoms with Crippen molar-refractivity contribution in [3.63, 3.8) is 0 Å². The number of nitrogens with one attached hydrogen (secondary N) is 1. The van der Waals surface area contributed by atoms with Gasteiger partial charge < -0.3 is 15.0 Å². The van der Waals surface area contributed by atoms with Crippen LogP contribution in [0.3, 0.4) is 0 Å². The van der Waals surface area contributed by atoms with Crippen LogP contribution in [0, 0.1) is 0 Å². The van der Waals surface area contributed by atoms with E-state index < -0.39 is 0 Å². The molecule has 0 saturated heterocycles. The van der Waals surface area contributed by atoms with Crippen molar-refractivity contribution in [2.24, 2.45) is 0 Å². The Balaban J connectivity index is 2.95. The van der Waals surface area contributed by atoms with Crippen molar-refractivity contribution in [3.05, 3.63) is 28.8 Å². The van der Waals surface area contributed by atoms with Crippen molar-refractivity contribution in [2.45, 2.75) is 46.2 Å². The first-order chi connectivity index (χ1) is 10.2. The number of hydrogen-bond donors (Lipinski definition) is 1. The summed E-state index contributed by atoms with van der Waals surface area (Å²) in [5.41, 5.74) is 2.34. The minimum atomic E-state index is 0.497. The molecule has 4 heteroatoms. The molecule has 0 aromatic heterocycles. The van der Waals surface area contributed by atoms with Gasteiger partial charge in [0, 0.05) is 26.2 Å². The highest BCUT2D eigenvalue weighted by Crippen LogP contribution is 2.30. The van der Waals surface area contributed by atoms with E-state index in [1.807, 2.05) is 0 Å². The first-order valence-corrected chi connectivity index (χ1v) is 8.30. The highest BCUT2D eigenvalue weighted by Gasteiger charge is 2.18. The highest BCUT2D eigenvalue weighted by atomic mass is 35.5. The van der Waals surface area contributed by atoms with Gasteiger partial charge in [0.25, 0.3) is 0 Å². The fourth-order valence-electron chi connectivity index (χ4n) is 2.58. The third kappa shape index (κ3) is 5.50. The van der Waals surface area contributed by atoms with Gasteiger partial charge in [-0.05, 0) is 37.1 Å². The highest BCUT2D eigenvalue weighted by molar-refractivity contribution is 6.33. The molecule has 0 aliphatic rings. The average molecular weight is 313 g/mol. The van der Waals surface area contributed by atoms with Crippen LogP contribution in [0.25, 0.3) is 0 Å². The maximum absolute atomic E-state index is 6.53. The van der Waals surface area contributed by atoms with E-state index in [1.54, 1.807) is 7.11 Å². The number of methoxy groups -OCH3 is 1. The van der Waals surface area contributed by atoms with Gasteiger partial charge in [0.1, 0.15) is 0 Å². The molecule has 0 heterocycles. The normalized spacial score (nSPS) is 11.1. The second-order valence-electron chi connectivity index (χ2n) is 5.22. The van der Waals surface area contributed by atoms with Crippen molar-refractivity contribution >= 4 is 17.3 Å². The molecule has 0 aliphatic heterocycles. The minimum Gasteiger partial charge on any atom is -0.383 e. The van der Waals surface area contributed by atoms with Crippen LogP contribution < -0.4 is 10.2 Å². The molecule has 1 rings (SSSR count). The van der Waals surface area contributed by atoms with E-state index in [1.165, 1.54) is 5.56 Å². The van der Waals surface area contributed by atoms with Crippen molar-refractivity contribution in [1.29, 1.82) is 0 Å². The van der Waals surface area contributed by atoms with Crippen molar-refractivity contribution < 1.29 is 4.74 Å². The Labute approximate surface area is 134 Å². The van der Waals surface area contributed by atoms with Gasteiger partial charge in [0.2, 0.25) is 0 Å². The van der Waals surface area contributed by atoms with Crippen LogP contribution in [0.2, 0.25) is 5.02 Å². The minimum absolute atomic E-state index is 0.497. The zero-order valence-corrected chi connectivity index (χ0v) is 14.5. The Morgan fingerprint density at radius 2 is 1.95 bits per heavy atom. The standard InChI is InChI=1S/C17H29ClN2O/c1-5-15(6-2)20(10-11-21-4)17-9-8-14(12-16(17)18)13-19-7-3/h8-9,12,15,19H,5-7,10-11,13H2,1-4H3. The predicted molar refractivity (Wildman–Crippen MR) is 92.4 cm³/mol. The van der Waals surface area contributed by atoms with E-state index in [4.69, 9.17) is 16.3 Å². The summed E-state index contributed by atoms with van der Waals surface area (Å²) in [6.45, 7) is 9.96. The number of benzene rings is 1. The molecule has 1 aromatic rings. The molecule has 1 N–H and O–H groups in total. The Hall–Kier alpha value is -0.770. The Bertz CT molecular complexity index is 408. The smallest absolute Gasteiger partial charge is 0.0642 e. The average Bonchev–Trinajstić information content (AvgIpc) is 2.50. The lowest BCUT2D eigenvalue weighted by atomic mass is 10.1. The van der Waals surface area contributed by atoms with Crippen molar-refractivity contribution in [1.82, 2.24) is 5.32 Å². The summed E-state index contributed by atoms with van der Waals surface area (Å²) in [5, 5.41) is 4.15. The van der Waals surface area contributed by atoms with Crippen LogP contribution in [0.4, 0.5) is 5.69 Å². The molecule has 0 atom stereocenters. The molecule has 0 spiro atoms. The van der Waals surface area contributed by atoms with E-state index in [2.05, 4.69) is 49.2 Å². The first-order valence-electron chi connectivity index (χ1n) is 7.92. The van der Waals surface area contributed by atoms with Gasteiger partial charge in [-0.1, -0.05) is 38.4 Å². The fraction of sp³-hybridized carbons (Fsp3) is 0.647. The Morgan fingerprint density at radius 3 is 2.48 bits per heavy atom. The molecule has 0 unspecified atom stereocenters. The lowest BCUT2D eigenvalue weighted by Gasteiger charge is -2.33. The van der Waals surface area contributed by atoms with Gasteiger partial charge in [-0.25, -0.2) is 0 Å². The zero-order valence-electron chi connectivity index (χ0n) is 13.8. The summed E-state index contributed by atoms with van der Waals surface area (Å²) in [4.78, 5) is 2.38. The number of anilines is 1. The van der Waals surface area contributed by atoms with Crippen molar-refractivity contribution in [3.8, 4) is 0 Å². The van der Waals surface area contributed by atoms with Gasteiger partial charge in [-0.3, -0.25) is 0 Å². The molecule has 120 valence electrons. The number of halogens is 1. The molecule has 0 amide bonds. The van der Waals surface area contributed by atoms with Crippen LogP contribution in [-0.4, -0.2) is 32.8 Å². The van der Waals surface area contributed by atoms with Gasteiger partial charge in [0.05, 0.1) is 17.3 Å². The molecular formula is C17H29ClN2O. The fourth-order valence-corrected chi connectivity index (χ4v) is 2.89. The lowest BCUT2D eigenvalue weighted by molar-refractivity contribution is 0.202. The van der Waals surface area contributed by atoms with E-state index in [0.29, 0.717) is 12.6 Å². The SMILES string of the molecule is CCNCc1ccc(N(CCOC)C(CC)CC)c(Cl)c1. The van der Waals surface area contributed by atoms with Crippen LogP contribution in [-0.2, 0) is 11.3 Å². The number of ether oxygens (including phenoxy) is 1. The molecule has 1 aromatic carbocycles. The molecule has 0 radical (unpaired) electrons. The number of rotatable bonds is 10. The van der Waals surface area contributed by atoms with E-state index in [0.717, 1.165) is 43.2 Å². The molecule has 0 saturated carbocycles. The van der Waals surface area contributed by atoms with Gasteiger partial charge in [-0.2, -0.15) is 0 Å². The summed E-state index contributed by atoms with van der Waals surface area (Å²) in [7, 11) is 1.74. The third-order valence-corrected chi connectivity index (χ3v) is 4.12. The topological polar surface area (TPSA) is 24.5 Å². The third-order valence-electron chi connectivity index (χ3n) is 3.82. The number of nitrogens with zero attached hydrogens (tertiary/aromatic N) is 1. The molecule has 3 nitrogen and oxygen atoms in total. The van der Waals surface area contributed by atoms with Gasteiger partial charge >= 0.3 is 0 Å². The van der Waals surface area contributed by atoms with E-state index in [-0.39, 0.29) is 0 Å². The van der Waals surface area contributed by atoms with Gasteiger partial charge in [-0.15, -0.1) is 0 Å². The second-order valence-corrected chi connectivity index (χ2v) is 5.63. The van der Waals surface area contributed by atoms with Crippen LogP contribution in [0.15, 0.2) is 18.2 Å². The summed E-state index contributed by atoms with van der Waals surface area (Å²) < 4.78 is 5.25. The zero-order chi connectivity index (χ0) is 15.7. The molecule has 0 aliphatic carbocycles. The number of hydrogen-bond acceptors (Lipinski definition) is 3. The van der Waals surface area contributed by atoms with Crippen LogP contribution >= 0.6 is 11.6 Å². The van der Waals surface area contributed by atoms with E-state index >= 15 is 0 Å². The van der Waals surface area contributed by atoms with E-state index in [9.17, 15) is 0 Å². The molecule has 0 fully saturated rings. The second kappa shape index (κ2) is 10.0. The van der Waals surface area contributed by atoms with Crippen LogP contribution in [0.1, 0.15) is 39.2 Å². The summed E-state index contributed by atoms with van der Waals surface area (Å²) in [6, 6.07) is 6.87. The maximum Gasteiger partial charge on any atom is 0.0642 e. The predicted octanol–water partition coefficient (Wildman–Crippen LogP) is 4.09. The summed E-state index contributed by atoms with van der Waals surface area (Å²) in [6.07, 6.45) is 2.21. The monoisotopic (exact) mass is 312 g/mol. The summed E-state index contributed by atoms with van der Waals surface area (Å²) >= 11 is 6.53. The molecule has 21 heavy (non-hydrogen) atoms. The Morgan fingerprint density at radius 1 is 1.24 bits per heavy atom.